The monoisotopic (exact) mass is 456 g/mol. The molecule has 0 atom stereocenters. The van der Waals surface area contributed by atoms with Gasteiger partial charge in [-0.2, -0.15) is 0 Å². The van der Waals surface area contributed by atoms with Gasteiger partial charge in [-0.3, -0.25) is 19.8 Å². The smallest absolute Gasteiger partial charge is 0.0947 e. The van der Waals surface area contributed by atoms with E-state index in [2.05, 4.69) is 32.9 Å². The molecule has 0 N–H and O–H groups in total. The number of rotatable bonds is 6. The van der Waals surface area contributed by atoms with Crippen molar-refractivity contribution in [2.24, 2.45) is 0 Å². The Morgan fingerprint density at radius 3 is 2.62 bits per heavy atom. The van der Waals surface area contributed by atoms with E-state index in [1.165, 1.54) is 27.8 Å². The van der Waals surface area contributed by atoms with Crippen molar-refractivity contribution in [1.82, 2.24) is 19.8 Å². The molecule has 158 valence electrons. The molecule has 3 aromatic heterocycles. The number of pyridine rings is 2. The summed E-state index contributed by atoms with van der Waals surface area (Å²) in [6.45, 7) is 4.76. The molecule has 1 aliphatic heterocycles. The Labute approximate surface area is 190 Å². The molecule has 0 unspecified atom stereocenters. The van der Waals surface area contributed by atoms with Crippen molar-refractivity contribution in [3.8, 4) is 0 Å². The third-order valence-electron chi connectivity index (χ3n) is 4.91. The molecule has 4 heterocycles. The molecule has 0 saturated heterocycles. The Kier molecular flexibility index (Phi) is 10.6. The molecule has 0 aliphatic carbocycles. The summed E-state index contributed by atoms with van der Waals surface area (Å²) in [6.07, 6.45) is 12.5. The zero-order valence-electron chi connectivity index (χ0n) is 16.4. The minimum atomic E-state index is 0. The highest BCUT2D eigenvalue weighted by atomic mass is 35.5. The van der Waals surface area contributed by atoms with Gasteiger partial charge in [0.05, 0.1) is 12.5 Å². The zero-order chi connectivity index (χ0) is 17.8. The average molecular weight is 458 g/mol. The van der Waals surface area contributed by atoms with E-state index in [1.54, 1.807) is 6.26 Å². The number of hydrogen-bond acceptors (Lipinski definition) is 5. The van der Waals surface area contributed by atoms with Crippen LogP contribution < -0.4 is 0 Å². The van der Waals surface area contributed by atoms with E-state index < -0.39 is 0 Å². The second-order valence-corrected chi connectivity index (χ2v) is 7.06. The summed E-state index contributed by atoms with van der Waals surface area (Å²) in [6, 6.07) is 6.15. The highest BCUT2D eigenvalue weighted by Crippen LogP contribution is 2.24. The Morgan fingerprint density at radius 1 is 1.03 bits per heavy atom. The van der Waals surface area contributed by atoms with Crippen LogP contribution in [0.4, 0.5) is 0 Å². The van der Waals surface area contributed by atoms with E-state index in [-0.39, 0.29) is 37.2 Å². The highest BCUT2D eigenvalue weighted by molar-refractivity contribution is 5.86. The van der Waals surface area contributed by atoms with Crippen molar-refractivity contribution < 1.29 is 4.42 Å². The van der Waals surface area contributed by atoms with Crippen molar-refractivity contribution >= 4 is 37.2 Å². The summed E-state index contributed by atoms with van der Waals surface area (Å²) >= 11 is 0. The Morgan fingerprint density at radius 2 is 1.90 bits per heavy atom. The number of hydrogen-bond donors (Lipinski definition) is 0. The van der Waals surface area contributed by atoms with Gasteiger partial charge in [0.25, 0.3) is 0 Å². The lowest BCUT2D eigenvalue weighted by Crippen LogP contribution is -2.31. The summed E-state index contributed by atoms with van der Waals surface area (Å²) in [4.78, 5) is 13.5. The van der Waals surface area contributed by atoms with Gasteiger partial charge in [0.2, 0.25) is 0 Å². The molecule has 0 aromatic carbocycles. The second-order valence-electron chi connectivity index (χ2n) is 7.06. The van der Waals surface area contributed by atoms with Crippen LogP contribution in [0.3, 0.4) is 0 Å². The Balaban J connectivity index is 0.00000140. The molecule has 0 bridgehead atoms. The molecule has 0 saturated carbocycles. The van der Waals surface area contributed by atoms with E-state index in [4.69, 9.17) is 4.42 Å². The van der Waals surface area contributed by atoms with Crippen molar-refractivity contribution in [2.45, 2.75) is 32.6 Å². The van der Waals surface area contributed by atoms with Gasteiger partial charge in [-0.1, -0.05) is 6.07 Å². The zero-order valence-corrected chi connectivity index (χ0v) is 18.8. The lowest BCUT2D eigenvalue weighted by molar-refractivity contribution is 0.242. The van der Waals surface area contributed by atoms with Crippen LogP contribution >= 0.6 is 37.2 Å². The predicted octanol–water partition coefficient (Wildman–Crippen LogP) is 4.53. The fourth-order valence-corrected chi connectivity index (χ4v) is 3.69. The summed E-state index contributed by atoms with van der Waals surface area (Å²) in [5.74, 6) is 0. The molecule has 0 radical (unpaired) electrons. The van der Waals surface area contributed by atoms with Gasteiger partial charge in [0, 0.05) is 63.1 Å². The van der Waals surface area contributed by atoms with E-state index in [0.29, 0.717) is 0 Å². The molecule has 4 rings (SSSR count). The minimum Gasteiger partial charge on any atom is -0.472 e. The summed E-state index contributed by atoms with van der Waals surface area (Å²) in [7, 11) is 2.15. The molecule has 8 heteroatoms. The molecular weight excluding hydrogens is 431 g/mol. The average Bonchev–Trinajstić information content (AvgIpc) is 3.15. The number of aromatic nitrogens is 2. The van der Waals surface area contributed by atoms with E-state index >= 15 is 0 Å². The molecule has 5 nitrogen and oxygen atoms in total. The van der Waals surface area contributed by atoms with Gasteiger partial charge in [-0.15, -0.1) is 37.2 Å². The Hall–Kier alpha value is -1.63. The first kappa shape index (κ1) is 25.4. The Bertz CT molecular complexity index is 846. The first-order chi connectivity index (χ1) is 12.8. The molecule has 29 heavy (non-hydrogen) atoms. The van der Waals surface area contributed by atoms with Gasteiger partial charge >= 0.3 is 0 Å². The van der Waals surface area contributed by atoms with Crippen molar-refractivity contribution in [1.29, 1.82) is 0 Å². The van der Waals surface area contributed by atoms with Crippen LogP contribution in [0.2, 0.25) is 0 Å². The van der Waals surface area contributed by atoms with E-state index in [1.807, 2.05) is 43.2 Å². The van der Waals surface area contributed by atoms with Gasteiger partial charge in [0.15, 0.2) is 0 Å². The summed E-state index contributed by atoms with van der Waals surface area (Å²) in [5.41, 5.74) is 6.64. The molecule has 3 aromatic rings. The first-order valence-electron chi connectivity index (χ1n) is 9.03. The fraction of sp³-hybridized carbons (Fsp3) is 0.333. The van der Waals surface area contributed by atoms with E-state index in [9.17, 15) is 0 Å². The lowest BCUT2D eigenvalue weighted by Gasteiger charge is -2.30. The van der Waals surface area contributed by atoms with Crippen LogP contribution in [0.1, 0.15) is 27.8 Å². The first-order valence-corrected chi connectivity index (χ1v) is 9.03. The molecule has 0 spiro atoms. The van der Waals surface area contributed by atoms with E-state index in [0.717, 1.165) is 39.1 Å². The van der Waals surface area contributed by atoms with Crippen molar-refractivity contribution in [2.75, 3.05) is 13.6 Å². The van der Waals surface area contributed by atoms with Gasteiger partial charge in [-0.25, -0.2) is 0 Å². The van der Waals surface area contributed by atoms with Crippen LogP contribution in [0, 0.1) is 0 Å². The van der Waals surface area contributed by atoms with Crippen LogP contribution in [0.15, 0.2) is 59.9 Å². The van der Waals surface area contributed by atoms with Crippen LogP contribution in [0.5, 0.6) is 0 Å². The van der Waals surface area contributed by atoms with Crippen LogP contribution in [-0.4, -0.2) is 33.4 Å². The quantitative estimate of drug-likeness (QED) is 0.544. The van der Waals surface area contributed by atoms with Gasteiger partial charge in [-0.05, 0) is 47.9 Å². The number of halogens is 3. The third kappa shape index (κ3) is 6.69. The normalized spacial score (nSPS) is 13.0. The van der Waals surface area contributed by atoms with Crippen LogP contribution in [0.25, 0.3) is 0 Å². The fourth-order valence-electron chi connectivity index (χ4n) is 3.69. The molecule has 0 amide bonds. The molecular formula is C21H27Cl3N4O. The number of furan rings is 1. The highest BCUT2D eigenvalue weighted by Gasteiger charge is 2.20. The van der Waals surface area contributed by atoms with Crippen LogP contribution in [-0.2, 0) is 32.6 Å². The largest absolute Gasteiger partial charge is 0.472 e. The third-order valence-corrected chi connectivity index (χ3v) is 4.91. The maximum atomic E-state index is 5.19. The molecule has 1 aliphatic rings. The van der Waals surface area contributed by atoms with Crippen molar-refractivity contribution in [3.05, 3.63) is 83.3 Å². The maximum Gasteiger partial charge on any atom is 0.0947 e. The number of fused-ring (bicyclic) bond motifs is 1. The van der Waals surface area contributed by atoms with Crippen molar-refractivity contribution in [3.63, 3.8) is 0 Å². The lowest BCUT2D eigenvalue weighted by atomic mass is 9.96. The molecule has 0 fully saturated rings. The minimum absolute atomic E-state index is 0. The summed E-state index contributed by atoms with van der Waals surface area (Å²) < 4.78 is 5.19. The number of nitrogens with zero attached hydrogens (tertiary/aromatic N) is 4. The second kappa shape index (κ2) is 12.2. The SMILES string of the molecule is CN(Cc1cccnc1)Cc1cncc2c1CCN(Cc1ccoc1)C2.Cl.Cl.Cl. The topological polar surface area (TPSA) is 45.4 Å². The van der Waals surface area contributed by atoms with Gasteiger partial charge < -0.3 is 4.42 Å². The predicted molar refractivity (Wildman–Crippen MR) is 122 cm³/mol. The standard InChI is InChI=1S/C21H24N4O.3ClH/c1-24(12-17-3-2-6-22-9-17)14-19-10-23-11-20-15-25(7-4-21(19)20)13-18-5-8-26-16-18;;;/h2-3,5-6,8-11,16H,4,7,12-15H2,1H3;3*1H. The maximum absolute atomic E-state index is 5.19. The van der Waals surface area contributed by atoms with Gasteiger partial charge in [0.1, 0.15) is 0 Å². The summed E-state index contributed by atoms with van der Waals surface area (Å²) in [5, 5.41) is 0.